The van der Waals surface area contributed by atoms with E-state index in [1.54, 1.807) is 30.6 Å². The van der Waals surface area contributed by atoms with E-state index >= 15 is 0 Å². The first kappa shape index (κ1) is 10.0. The SMILES string of the molecule is Fc1cc(Br)ccc1Nc1ncccn1. The molecule has 5 heteroatoms. The lowest BCUT2D eigenvalue weighted by Gasteiger charge is -2.05. The minimum absolute atomic E-state index is 0.350. The molecule has 0 spiro atoms. The van der Waals surface area contributed by atoms with Crippen molar-refractivity contribution >= 4 is 27.6 Å². The molecule has 0 radical (unpaired) electrons. The minimum Gasteiger partial charge on any atom is -0.322 e. The van der Waals surface area contributed by atoms with Gasteiger partial charge in [-0.05, 0) is 24.3 Å². The van der Waals surface area contributed by atoms with Gasteiger partial charge in [0.1, 0.15) is 5.82 Å². The topological polar surface area (TPSA) is 37.8 Å². The zero-order valence-electron chi connectivity index (χ0n) is 7.61. The molecule has 1 aromatic heterocycles. The predicted molar refractivity (Wildman–Crippen MR) is 59.4 cm³/mol. The van der Waals surface area contributed by atoms with E-state index in [4.69, 9.17) is 0 Å². The first-order valence-corrected chi connectivity index (χ1v) is 5.04. The summed E-state index contributed by atoms with van der Waals surface area (Å²) in [7, 11) is 0. The van der Waals surface area contributed by atoms with E-state index in [-0.39, 0.29) is 5.82 Å². The van der Waals surface area contributed by atoms with Crippen molar-refractivity contribution in [3.63, 3.8) is 0 Å². The molecule has 0 amide bonds. The minimum atomic E-state index is -0.350. The third-order valence-corrected chi connectivity index (χ3v) is 2.24. The molecule has 0 atom stereocenters. The highest BCUT2D eigenvalue weighted by molar-refractivity contribution is 9.10. The Morgan fingerprint density at radius 1 is 1.20 bits per heavy atom. The lowest BCUT2D eigenvalue weighted by Crippen LogP contribution is -1.97. The molecule has 0 aliphatic rings. The van der Waals surface area contributed by atoms with Crippen molar-refractivity contribution in [2.75, 3.05) is 5.32 Å². The van der Waals surface area contributed by atoms with Crippen LogP contribution in [0.25, 0.3) is 0 Å². The Hall–Kier alpha value is -1.49. The first-order chi connectivity index (χ1) is 7.25. The summed E-state index contributed by atoms with van der Waals surface area (Å²) >= 11 is 3.18. The van der Waals surface area contributed by atoms with Gasteiger partial charge in [-0.25, -0.2) is 14.4 Å². The summed E-state index contributed by atoms with van der Waals surface area (Å²) in [6, 6.07) is 6.44. The van der Waals surface area contributed by atoms with E-state index in [1.807, 2.05) is 0 Å². The summed E-state index contributed by atoms with van der Waals surface area (Å²) in [5, 5.41) is 2.78. The van der Waals surface area contributed by atoms with Gasteiger partial charge in [-0.2, -0.15) is 0 Å². The van der Waals surface area contributed by atoms with Crippen LogP contribution in [0.1, 0.15) is 0 Å². The molecule has 0 fully saturated rings. The van der Waals surface area contributed by atoms with Crippen LogP contribution in [0.5, 0.6) is 0 Å². The second kappa shape index (κ2) is 4.35. The summed E-state index contributed by atoms with van der Waals surface area (Å²) in [6.07, 6.45) is 3.18. The van der Waals surface area contributed by atoms with Gasteiger partial charge in [0.15, 0.2) is 0 Å². The van der Waals surface area contributed by atoms with Crippen LogP contribution in [0, 0.1) is 5.82 Å². The number of halogens is 2. The van der Waals surface area contributed by atoms with Crippen LogP contribution in [-0.4, -0.2) is 9.97 Å². The molecule has 1 N–H and O–H groups in total. The second-order valence-electron chi connectivity index (χ2n) is 2.82. The molecule has 0 unspecified atom stereocenters. The zero-order chi connectivity index (χ0) is 10.7. The fourth-order valence-electron chi connectivity index (χ4n) is 1.07. The van der Waals surface area contributed by atoms with Crippen LogP contribution in [0.15, 0.2) is 41.1 Å². The molecule has 1 heterocycles. The van der Waals surface area contributed by atoms with E-state index in [0.29, 0.717) is 16.1 Å². The van der Waals surface area contributed by atoms with E-state index < -0.39 is 0 Å². The fourth-order valence-corrected chi connectivity index (χ4v) is 1.41. The van der Waals surface area contributed by atoms with Crippen molar-refractivity contribution in [3.8, 4) is 0 Å². The van der Waals surface area contributed by atoms with Crippen LogP contribution >= 0.6 is 15.9 Å². The van der Waals surface area contributed by atoms with Gasteiger partial charge in [0.2, 0.25) is 5.95 Å². The number of anilines is 2. The molecular weight excluding hydrogens is 261 g/mol. The fraction of sp³-hybridized carbons (Fsp3) is 0. The summed E-state index contributed by atoms with van der Waals surface area (Å²) in [4.78, 5) is 7.87. The third kappa shape index (κ3) is 2.50. The number of aromatic nitrogens is 2. The maximum absolute atomic E-state index is 13.4. The zero-order valence-corrected chi connectivity index (χ0v) is 9.20. The lowest BCUT2D eigenvalue weighted by molar-refractivity contribution is 0.631. The van der Waals surface area contributed by atoms with E-state index in [0.717, 1.165) is 0 Å². The quantitative estimate of drug-likeness (QED) is 0.909. The maximum Gasteiger partial charge on any atom is 0.227 e. The van der Waals surface area contributed by atoms with Crippen molar-refractivity contribution in [3.05, 3.63) is 46.9 Å². The van der Waals surface area contributed by atoms with Crippen LogP contribution in [0.4, 0.5) is 16.0 Å². The Balaban J connectivity index is 2.25. The number of hydrogen-bond acceptors (Lipinski definition) is 3. The Kier molecular flexibility index (Phi) is 2.91. The molecule has 76 valence electrons. The number of nitrogens with zero attached hydrogens (tertiary/aromatic N) is 2. The molecule has 0 aliphatic carbocycles. The van der Waals surface area contributed by atoms with E-state index in [1.165, 1.54) is 6.07 Å². The number of rotatable bonds is 2. The molecule has 15 heavy (non-hydrogen) atoms. The molecule has 0 aliphatic heterocycles. The molecule has 3 nitrogen and oxygen atoms in total. The molecule has 0 saturated carbocycles. The molecule has 1 aromatic carbocycles. The largest absolute Gasteiger partial charge is 0.322 e. The third-order valence-electron chi connectivity index (χ3n) is 1.74. The molecule has 0 saturated heterocycles. The molecule has 2 rings (SSSR count). The van der Waals surface area contributed by atoms with Crippen LogP contribution in [0.2, 0.25) is 0 Å². The smallest absolute Gasteiger partial charge is 0.227 e. The van der Waals surface area contributed by atoms with Gasteiger partial charge in [0, 0.05) is 16.9 Å². The van der Waals surface area contributed by atoms with Gasteiger partial charge in [0.25, 0.3) is 0 Å². The van der Waals surface area contributed by atoms with Gasteiger partial charge in [-0.3, -0.25) is 0 Å². The standard InChI is InChI=1S/C10H7BrFN3/c11-7-2-3-9(8(12)6-7)15-10-13-4-1-5-14-10/h1-6H,(H,13,14,15). The van der Waals surface area contributed by atoms with Crippen molar-refractivity contribution in [2.24, 2.45) is 0 Å². The van der Waals surface area contributed by atoms with Gasteiger partial charge in [-0.1, -0.05) is 15.9 Å². The second-order valence-corrected chi connectivity index (χ2v) is 3.74. The predicted octanol–water partition coefficient (Wildman–Crippen LogP) is 3.12. The molecular formula is C10H7BrFN3. The van der Waals surface area contributed by atoms with Crippen molar-refractivity contribution in [1.82, 2.24) is 9.97 Å². The van der Waals surface area contributed by atoms with Gasteiger partial charge < -0.3 is 5.32 Å². The monoisotopic (exact) mass is 267 g/mol. The number of nitrogens with one attached hydrogen (secondary N) is 1. The van der Waals surface area contributed by atoms with Crippen LogP contribution in [-0.2, 0) is 0 Å². The molecule has 2 aromatic rings. The number of hydrogen-bond donors (Lipinski definition) is 1. The van der Waals surface area contributed by atoms with Crippen molar-refractivity contribution in [2.45, 2.75) is 0 Å². The normalized spacial score (nSPS) is 10.0. The highest BCUT2D eigenvalue weighted by Crippen LogP contribution is 2.21. The lowest BCUT2D eigenvalue weighted by atomic mass is 10.3. The highest BCUT2D eigenvalue weighted by atomic mass is 79.9. The van der Waals surface area contributed by atoms with Crippen molar-refractivity contribution in [1.29, 1.82) is 0 Å². The molecule has 0 bridgehead atoms. The first-order valence-electron chi connectivity index (χ1n) is 4.25. The Morgan fingerprint density at radius 3 is 2.60 bits per heavy atom. The average Bonchev–Trinajstić information content (AvgIpc) is 2.24. The van der Waals surface area contributed by atoms with Gasteiger partial charge >= 0.3 is 0 Å². The summed E-state index contributed by atoms with van der Waals surface area (Å²) in [5.41, 5.74) is 0.351. The summed E-state index contributed by atoms with van der Waals surface area (Å²) < 4.78 is 14.1. The Labute approximate surface area is 94.5 Å². The number of benzene rings is 1. The summed E-state index contributed by atoms with van der Waals surface area (Å²) in [6.45, 7) is 0. The van der Waals surface area contributed by atoms with Crippen LogP contribution in [0.3, 0.4) is 0 Å². The Morgan fingerprint density at radius 2 is 1.93 bits per heavy atom. The summed E-state index contributed by atoms with van der Waals surface area (Å²) in [5.74, 6) is 0.0237. The average molecular weight is 268 g/mol. The highest BCUT2D eigenvalue weighted by Gasteiger charge is 2.03. The van der Waals surface area contributed by atoms with E-state index in [9.17, 15) is 4.39 Å². The maximum atomic E-state index is 13.4. The van der Waals surface area contributed by atoms with E-state index in [2.05, 4.69) is 31.2 Å². The Bertz CT molecular complexity index is 461. The van der Waals surface area contributed by atoms with Gasteiger partial charge in [0.05, 0.1) is 5.69 Å². The van der Waals surface area contributed by atoms with Crippen molar-refractivity contribution < 1.29 is 4.39 Å². The van der Waals surface area contributed by atoms with Gasteiger partial charge in [-0.15, -0.1) is 0 Å². The van der Waals surface area contributed by atoms with Crippen LogP contribution < -0.4 is 5.32 Å².